The van der Waals surface area contributed by atoms with Gasteiger partial charge in [-0.1, -0.05) is 72.6 Å². The molecule has 0 saturated heterocycles. The van der Waals surface area contributed by atoms with Gasteiger partial charge >= 0.3 is 0 Å². The average molecular weight is 403 g/mol. The normalized spacial score (nSPS) is 15.1. The molecule has 0 unspecified atom stereocenters. The van der Waals surface area contributed by atoms with Crippen molar-refractivity contribution in [2.45, 2.75) is 117 Å². The zero-order valence-corrected chi connectivity index (χ0v) is 19.7. The van der Waals surface area contributed by atoms with Crippen LogP contribution in [0.25, 0.3) is 0 Å². The summed E-state index contributed by atoms with van der Waals surface area (Å²) in [7, 11) is -0.562. The minimum atomic E-state index is -1.38. The van der Waals surface area contributed by atoms with Crippen LogP contribution < -0.4 is 5.11 Å². The summed E-state index contributed by atoms with van der Waals surface area (Å²) in [5, 5.41) is 9.93. The van der Waals surface area contributed by atoms with E-state index in [1.807, 2.05) is 0 Å². The molecule has 0 bridgehead atoms. The molecule has 0 aliphatic heterocycles. The third-order valence-electron chi connectivity index (χ3n) is 5.76. The van der Waals surface area contributed by atoms with Crippen LogP contribution in [0.3, 0.4) is 0 Å². The van der Waals surface area contributed by atoms with Gasteiger partial charge in [-0.25, -0.2) is 0 Å². The van der Waals surface area contributed by atoms with E-state index in [1.54, 1.807) is 24.6 Å². The molecule has 1 rings (SSSR count). The van der Waals surface area contributed by atoms with Crippen molar-refractivity contribution in [2.75, 3.05) is 24.6 Å². The van der Waals surface area contributed by atoms with Crippen LogP contribution in [0.2, 0.25) is 0 Å². The number of unbranched alkanes of at least 4 members (excludes halogenated alkanes) is 4. The largest absolute Gasteiger partial charge is 0.546 e. The van der Waals surface area contributed by atoms with Gasteiger partial charge in [-0.05, 0) is 38.5 Å². The molecule has 0 amide bonds. The van der Waals surface area contributed by atoms with E-state index in [-0.39, 0.29) is 6.10 Å². The third kappa shape index (κ3) is 14.4. The molecule has 0 aromatic rings. The number of hydrogen-bond acceptors (Lipinski definition) is 3. The Morgan fingerprint density at radius 1 is 0.778 bits per heavy atom. The average Bonchev–Trinajstić information content (AvgIpc) is 2.68. The predicted octanol–water partition coefficient (Wildman–Crippen LogP) is 6.88. The lowest BCUT2D eigenvalue weighted by molar-refractivity contribution is -0.288. The maximum absolute atomic E-state index is 9.93. The molecule has 0 atom stereocenters. The SMILES string of the molecule is CCCC[P+](CCCC)(CCCC)CCCC.O=C([O-])OC1CCCCC1. The fourth-order valence-corrected chi connectivity index (χ4v) is 9.25. The van der Waals surface area contributed by atoms with Crippen LogP contribution in [0, 0.1) is 0 Å². The van der Waals surface area contributed by atoms with Gasteiger partial charge in [0, 0.05) is 13.4 Å². The maximum Gasteiger partial charge on any atom is 0.252 e. The Bertz CT molecular complexity index is 303. The number of rotatable bonds is 13. The number of carboxylic acid groups (broad SMARTS) is 1. The van der Waals surface area contributed by atoms with Crippen LogP contribution in [-0.2, 0) is 4.74 Å². The highest BCUT2D eigenvalue weighted by Gasteiger charge is 2.34. The summed E-state index contributed by atoms with van der Waals surface area (Å²) in [6.45, 7) is 9.42. The van der Waals surface area contributed by atoms with Crippen molar-refractivity contribution in [2.24, 2.45) is 0 Å². The lowest BCUT2D eigenvalue weighted by Crippen LogP contribution is -2.30. The van der Waals surface area contributed by atoms with E-state index in [4.69, 9.17) is 0 Å². The highest BCUT2D eigenvalue weighted by atomic mass is 31.2. The first-order valence-corrected chi connectivity index (χ1v) is 14.3. The van der Waals surface area contributed by atoms with Gasteiger partial charge in [0.1, 0.15) is 0 Å². The Kier molecular flexibility index (Phi) is 17.6. The van der Waals surface area contributed by atoms with Crippen molar-refractivity contribution in [1.82, 2.24) is 0 Å². The molecule has 0 aromatic heterocycles. The Hall–Kier alpha value is -0.300. The summed E-state index contributed by atoms with van der Waals surface area (Å²) in [6, 6.07) is 0. The fraction of sp³-hybridized carbons (Fsp3) is 0.957. The lowest BCUT2D eigenvalue weighted by atomic mass is 9.98. The van der Waals surface area contributed by atoms with Crippen LogP contribution in [0.15, 0.2) is 0 Å². The Labute approximate surface area is 170 Å². The minimum Gasteiger partial charge on any atom is -0.546 e. The molecular weight excluding hydrogens is 355 g/mol. The maximum atomic E-state index is 9.93. The first kappa shape index (κ1) is 26.7. The Balaban J connectivity index is 0.000000569. The summed E-state index contributed by atoms with van der Waals surface area (Å²) in [5.74, 6) is 0. The molecule has 27 heavy (non-hydrogen) atoms. The summed E-state index contributed by atoms with van der Waals surface area (Å²) in [4.78, 5) is 9.93. The van der Waals surface area contributed by atoms with Crippen molar-refractivity contribution < 1.29 is 14.6 Å². The van der Waals surface area contributed by atoms with E-state index >= 15 is 0 Å². The highest BCUT2D eigenvalue weighted by Crippen LogP contribution is 2.61. The fourth-order valence-electron chi connectivity index (χ4n) is 3.96. The van der Waals surface area contributed by atoms with Crippen molar-refractivity contribution in [3.8, 4) is 0 Å². The first-order valence-electron chi connectivity index (χ1n) is 11.8. The van der Waals surface area contributed by atoms with Crippen LogP contribution >= 0.6 is 7.26 Å². The van der Waals surface area contributed by atoms with Crippen LogP contribution in [-0.4, -0.2) is 36.9 Å². The molecule has 0 radical (unpaired) electrons. The molecule has 1 aliphatic carbocycles. The molecule has 1 aliphatic rings. The second-order valence-electron chi connectivity index (χ2n) is 8.28. The first-order chi connectivity index (χ1) is 13.0. The second-order valence-corrected chi connectivity index (χ2v) is 12.8. The zero-order valence-electron chi connectivity index (χ0n) is 18.8. The molecular formula is C23H47O3P. The lowest BCUT2D eigenvalue weighted by Gasteiger charge is -2.28. The zero-order chi connectivity index (χ0) is 20.4. The van der Waals surface area contributed by atoms with Crippen molar-refractivity contribution in [1.29, 1.82) is 0 Å². The van der Waals surface area contributed by atoms with Gasteiger partial charge in [-0.3, -0.25) is 0 Å². The number of hydrogen-bond donors (Lipinski definition) is 0. The van der Waals surface area contributed by atoms with Crippen LogP contribution in [0.5, 0.6) is 0 Å². The van der Waals surface area contributed by atoms with Gasteiger partial charge in [0.15, 0.2) is 0 Å². The molecule has 0 heterocycles. The van der Waals surface area contributed by atoms with E-state index in [0.29, 0.717) is 0 Å². The summed E-state index contributed by atoms with van der Waals surface area (Å²) in [5.41, 5.74) is 0. The number of ether oxygens (including phenoxy) is 1. The van der Waals surface area contributed by atoms with Gasteiger partial charge in [-0.2, -0.15) is 0 Å². The second kappa shape index (κ2) is 17.8. The molecule has 0 aromatic carbocycles. The molecule has 162 valence electrons. The number of carbonyl (C=O) groups excluding carboxylic acids is 1. The minimum absolute atomic E-state index is 0.0845. The molecule has 3 nitrogen and oxygen atoms in total. The van der Waals surface area contributed by atoms with E-state index in [1.165, 1.54) is 57.8 Å². The third-order valence-corrected chi connectivity index (χ3v) is 10.8. The molecule has 0 N–H and O–H groups in total. The molecule has 0 spiro atoms. The molecule has 1 fully saturated rings. The van der Waals surface area contributed by atoms with Gasteiger partial charge < -0.3 is 14.6 Å². The van der Waals surface area contributed by atoms with E-state index in [0.717, 1.165) is 25.7 Å². The van der Waals surface area contributed by atoms with Crippen LogP contribution in [0.1, 0.15) is 111 Å². The van der Waals surface area contributed by atoms with Crippen LogP contribution in [0.4, 0.5) is 4.79 Å². The Morgan fingerprint density at radius 3 is 1.44 bits per heavy atom. The van der Waals surface area contributed by atoms with E-state index < -0.39 is 13.4 Å². The van der Waals surface area contributed by atoms with Crippen molar-refractivity contribution in [3.63, 3.8) is 0 Å². The summed E-state index contributed by atoms with van der Waals surface area (Å²) >= 11 is 0. The molecule has 4 heteroatoms. The summed E-state index contributed by atoms with van der Waals surface area (Å²) < 4.78 is 4.50. The van der Waals surface area contributed by atoms with E-state index in [2.05, 4.69) is 32.4 Å². The van der Waals surface area contributed by atoms with Gasteiger partial charge in [0.25, 0.3) is 6.16 Å². The summed E-state index contributed by atoms with van der Waals surface area (Å²) in [6.07, 6.45) is 21.6. The predicted molar refractivity (Wildman–Crippen MR) is 119 cm³/mol. The highest BCUT2D eigenvalue weighted by molar-refractivity contribution is 7.75. The van der Waals surface area contributed by atoms with Gasteiger partial charge in [-0.15, -0.1) is 0 Å². The molecule has 1 saturated carbocycles. The van der Waals surface area contributed by atoms with Crippen molar-refractivity contribution in [3.05, 3.63) is 0 Å². The number of carbonyl (C=O) groups is 1. The monoisotopic (exact) mass is 402 g/mol. The smallest absolute Gasteiger partial charge is 0.252 e. The quantitative estimate of drug-likeness (QED) is 0.249. The topological polar surface area (TPSA) is 49.4 Å². The van der Waals surface area contributed by atoms with Gasteiger partial charge in [0.05, 0.1) is 24.6 Å². The van der Waals surface area contributed by atoms with Gasteiger partial charge in [0.2, 0.25) is 0 Å². The Morgan fingerprint density at radius 2 is 1.15 bits per heavy atom. The standard InChI is InChI=1S/C16H36P.C7H12O3/c1-5-9-13-17(14-10-6-2,15-11-7-3)16-12-8-4;8-7(9)10-6-4-2-1-3-5-6/h5-16H2,1-4H3;6H,1-5H2,(H,8,9)/q+1;/p-1. The van der Waals surface area contributed by atoms with Crippen molar-refractivity contribution >= 4 is 13.4 Å². The van der Waals surface area contributed by atoms with E-state index in [9.17, 15) is 9.90 Å².